The summed E-state index contributed by atoms with van der Waals surface area (Å²) < 4.78 is 4.81. The molecule has 212 valence electrons. The Labute approximate surface area is 236 Å². The number of carbonyl (C=O) groups is 3. The van der Waals surface area contributed by atoms with Gasteiger partial charge >= 0.3 is 18.0 Å². The van der Waals surface area contributed by atoms with Gasteiger partial charge in [0.1, 0.15) is 6.04 Å². The van der Waals surface area contributed by atoms with Gasteiger partial charge in [0, 0.05) is 31.4 Å². The number of unbranched alkanes of at least 4 members (excludes halogenated alkanes) is 4. The second-order valence-corrected chi connectivity index (χ2v) is 9.73. The van der Waals surface area contributed by atoms with E-state index in [1.54, 1.807) is 36.2 Å². The molecule has 3 aromatic rings. The zero-order chi connectivity index (χ0) is 28.9. The number of ether oxygens (including phenoxy) is 1. The summed E-state index contributed by atoms with van der Waals surface area (Å²) in [6.07, 6.45) is 5.92. The van der Waals surface area contributed by atoms with Crippen LogP contribution in [0.5, 0.6) is 0 Å². The Kier molecular flexibility index (Phi) is 11.6. The molecule has 1 atom stereocenters. The van der Waals surface area contributed by atoms with Gasteiger partial charge in [-0.15, -0.1) is 0 Å². The fourth-order valence-corrected chi connectivity index (χ4v) is 4.41. The van der Waals surface area contributed by atoms with Crippen molar-refractivity contribution in [3.63, 3.8) is 0 Å². The molecule has 3 rings (SSSR count). The van der Waals surface area contributed by atoms with Crippen LogP contribution in [0.15, 0.2) is 72.8 Å². The number of carboxylic acid groups (broad SMARTS) is 1. The third kappa shape index (κ3) is 8.59. The van der Waals surface area contributed by atoms with E-state index >= 15 is 0 Å². The highest BCUT2D eigenvalue weighted by atomic mass is 16.5. The minimum absolute atomic E-state index is 0.135. The monoisotopic (exact) mass is 545 g/mol. The number of carboxylic acids is 1. The molecule has 3 aromatic carbocycles. The lowest BCUT2D eigenvalue weighted by atomic mass is 10.00. The number of amides is 2. The number of anilines is 2. The number of aliphatic carboxylic acids is 1. The van der Waals surface area contributed by atoms with Crippen molar-refractivity contribution in [1.29, 1.82) is 0 Å². The second kappa shape index (κ2) is 15.3. The Bertz CT molecular complexity index is 1280. The van der Waals surface area contributed by atoms with Crippen molar-refractivity contribution in [2.75, 3.05) is 30.9 Å². The number of methoxy groups -OCH3 is 1. The third-order valence-corrected chi connectivity index (χ3v) is 6.78. The standard InChI is InChI=1S/C32H39N3O5/c1-4-5-6-7-10-20-33-32(39)35(2)26-13-11-12-25(22-26)24-18-16-23(17-19-24)21-29(30(36)37)34-28-15-9-8-14-27(28)31(38)40-3/h8-9,11-19,22,29,34H,4-7,10,20-21H2,1-3H3,(H,33,39)(H,36,37). The van der Waals surface area contributed by atoms with Crippen LogP contribution in [0.4, 0.5) is 16.2 Å². The Balaban J connectivity index is 1.65. The van der Waals surface area contributed by atoms with Crippen LogP contribution in [0.25, 0.3) is 11.1 Å². The molecule has 40 heavy (non-hydrogen) atoms. The molecule has 1 unspecified atom stereocenters. The number of benzene rings is 3. The van der Waals surface area contributed by atoms with Crippen molar-refractivity contribution in [2.45, 2.75) is 51.5 Å². The van der Waals surface area contributed by atoms with Crippen LogP contribution < -0.4 is 15.5 Å². The lowest BCUT2D eigenvalue weighted by molar-refractivity contribution is -0.137. The molecule has 0 saturated carbocycles. The summed E-state index contributed by atoms with van der Waals surface area (Å²) >= 11 is 0. The number of para-hydroxylation sites is 1. The molecule has 8 heteroatoms. The van der Waals surface area contributed by atoms with Gasteiger partial charge in [0.15, 0.2) is 0 Å². The lowest BCUT2D eigenvalue weighted by Gasteiger charge is -2.19. The molecule has 0 heterocycles. The van der Waals surface area contributed by atoms with E-state index in [-0.39, 0.29) is 18.0 Å². The molecule has 0 bridgehead atoms. The largest absolute Gasteiger partial charge is 0.480 e. The van der Waals surface area contributed by atoms with Crippen LogP contribution in [0, 0.1) is 0 Å². The normalized spacial score (nSPS) is 11.4. The van der Waals surface area contributed by atoms with Crippen LogP contribution in [0.3, 0.4) is 0 Å². The quantitative estimate of drug-likeness (QED) is 0.161. The van der Waals surface area contributed by atoms with E-state index in [2.05, 4.69) is 17.6 Å². The van der Waals surface area contributed by atoms with E-state index < -0.39 is 18.0 Å². The Hall–Kier alpha value is -4.33. The minimum Gasteiger partial charge on any atom is -0.480 e. The summed E-state index contributed by atoms with van der Waals surface area (Å²) in [5, 5.41) is 15.8. The van der Waals surface area contributed by atoms with E-state index in [0.29, 0.717) is 12.2 Å². The number of nitrogens with one attached hydrogen (secondary N) is 2. The van der Waals surface area contributed by atoms with E-state index in [1.807, 2.05) is 48.5 Å². The Morgan fingerprint density at radius 1 is 0.900 bits per heavy atom. The van der Waals surface area contributed by atoms with Crippen LogP contribution in [-0.4, -0.2) is 49.8 Å². The molecular formula is C32H39N3O5. The molecule has 0 radical (unpaired) electrons. The average molecular weight is 546 g/mol. The average Bonchev–Trinajstić information content (AvgIpc) is 2.98. The Morgan fingerprint density at radius 3 is 2.33 bits per heavy atom. The van der Waals surface area contributed by atoms with Gasteiger partial charge in [-0.05, 0) is 47.4 Å². The number of carbonyl (C=O) groups excluding carboxylic acids is 2. The lowest BCUT2D eigenvalue weighted by Crippen LogP contribution is -2.37. The molecular weight excluding hydrogens is 506 g/mol. The van der Waals surface area contributed by atoms with Gasteiger partial charge < -0.3 is 20.5 Å². The number of hydrogen-bond acceptors (Lipinski definition) is 5. The van der Waals surface area contributed by atoms with E-state index in [4.69, 9.17) is 4.74 Å². The molecule has 8 nitrogen and oxygen atoms in total. The molecule has 3 N–H and O–H groups in total. The fourth-order valence-electron chi connectivity index (χ4n) is 4.41. The summed E-state index contributed by atoms with van der Waals surface area (Å²) in [6, 6.07) is 21.0. The number of urea groups is 1. The van der Waals surface area contributed by atoms with Gasteiger partial charge in [0.2, 0.25) is 0 Å². The number of rotatable bonds is 14. The van der Waals surface area contributed by atoms with Crippen LogP contribution in [0.2, 0.25) is 0 Å². The molecule has 2 amide bonds. The summed E-state index contributed by atoms with van der Waals surface area (Å²) in [5.41, 5.74) is 4.18. The third-order valence-electron chi connectivity index (χ3n) is 6.78. The maximum Gasteiger partial charge on any atom is 0.339 e. The van der Waals surface area contributed by atoms with Gasteiger partial charge in [-0.2, -0.15) is 0 Å². The van der Waals surface area contributed by atoms with Crippen molar-refractivity contribution in [3.05, 3.63) is 83.9 Å². The summed E-state index contributed by atoms with van der Waals surface area (Å²) in [7, 11) is 3.04. The van der Waals surface area contributed by atoms with Crippen LogP contribution in [0.1, 0.15) is 54.9 Å². The van der Waals surface area contributed by atoms with E-state index in [9.17, 15) is 19.5 Å². The first-order valence-electron chi connectivity index (χ1n) is 13.7. The van der Waals surface area contributed by atoms with Gasteiger partial charge in [0.05, 0.1) is 12.7 Å². The topological polar surface area (TPSA) is 108 Å². The summed E-state index contributed by atoms with van der Waals surface area (Å²) in [4.78, 5) is 38.3. The van der Waals surface area contributed by atoms with Gasteiger partial charge in [-0.3, -0.25) is 4.90 Å². The number of nitrogens with zero attached hydrogens (tertiary/aromatic N) is 1. The highest BCUT2D eigenvalue weighted by Gasteiger charge is 2.21. The maximum atomic E-state index is 12.6. The molecule has 0 aliphatic carbocycles. The Morgan fingerprint density at radius 2 is 1.62 bits per heavy atom. The first kappa shape index (κ1) is 30.2. The van der Waals surface area contributed by atoms with Gasteiger partial charge in [-0.25, -0.2) is 14.4 Å². The van der Waals surface area contributed by atoms with Crippen molar-refractivity contribution in [1.82, 2.24) is 5.32 Å². The van der Waals surface area contributed by atoms with Crippen molar-refractivity contribution < 1.29 is 24.2 Å². The molecule has 0 spiro atoms. The highest BCUT2D eigenvalue weighted by molar-refractivity contribution is 5.96. The summed E-state index contributed by atoms with van der Waals surface area (Å²) in [5.74, 6) is -1.57. The first-order chi connectivity index (χ1) is 19.3. The predicted octanol–water partition coefficient (Wildman–Crippen LogP) is 6.36. The number of esters is 1. The summed E-state index contributed by atoms with van der Waals surface area (Å²) in [6.45, 7) is 2.84. The van der Waals surface area contributed by atoms with Crippen LogP contribution in [-0.2, 0) is 16.0 Å². The maximum absolute atomic E-state index is 12.6. The van der Waals surface area contributed by atoms with Gasteiger partial charge in [0.25, 0.3) is 0 Å². The molecule has 0 fully saturated rings. The smallest absolute Gasteiger partial charge is 0.339 e. The highest BCUT2D eigenvalue weighted by Crippen LogP contribution is 2.26. The van der Waals surface area contributed by atoms with E-state index in [0.717, 1.165) is 35.2 Å². The second-order valence-electron chi connectivity index (χ2n) is 9.73. The predicted molar refractivity (Wildman–Crippen MR) is 159 cm³/mol. The zero-order valence-electron chi connectivity index (χ0n) is 23.5. The van der Waals surface area contributed by atoms with Crippen molar-refractivity contribution >= 4 is 29.3 Å². The zero-order valence-corrected chi connectivity index (χ0v) is 23.5. The van der Waals surface area contributed by atoms with Crippen molar-refractivity contribution in [2.24, 2.45) is 0 Å². The molecule has 0 aliphatic rings. The molecule has 0 saturated heterocycles. The number of hydrogen-bond donors (Lipinski definition) is 3. The molecule has 0 aliphatic heterocycles. The SMILES string of the molecule is CCCCCCCNC(=O)N(C)c1cccc(-c2ccc(CC(Nc3ccccc3C(=O)OC)C(=O)O)cc2)c1. The van der Waals surface area contributed by atoms with E-state index in [1.165, 1.54) is 26.4 Å². The fraction of sp³-hybridized carbons (Fsp3) is 0.344. The van der Waals surface area contributed by atoms with Crippen molar-refractivity contribution in [3.8, 4) is 11.1 Å². The van der Waals surface area contributed by atoms with Crippen LogP contribution >= 0.6 is 0 Å². The molecule has 0 aromatic heterocycles. The minimum atomic E-state index is -1.03. The first-order valence-corrected chi connectivity index (χ1v) is 13.7. The van der Waals surface area contributed by atoms with Gasteiger partial charge in [-0.1, -0.05) is 81.1 Å².